The Hall–Kier alpha value is -1.03. The molecule has 0 spiro atoms. The van der Waals surface area contributed by atoms with Gasteiger partial charge in [-0.05, 0) is 30.7 Å². The molecule has 1 aromatic heterocycles. The number of rotatable bonds is 2. The van der Waals surface area contributed by atoms with Crippen LogP contribution in [-0.2, 0) is 4.79 Å². The molecule has 0 unspecified atom stereocenters. The van der Waals surface area contributed by atoms with Gasteiger partial charge in [0, 0.05) is 6.20 Å². The summed E-state index contributed by atoms with van der Waals surface area (Å²) in [7, 11) is 0. The van der Waals surface area contributed by atoms with Gasteiger partial charge in [0.25, 0.3) is 0 Å². The van der Waals surface area contributed by atoms with E-state index in [1.807, 2.05) is 12.1 Å². The molecule has 1 aliphatic rings. The second-order valence-corrected chi connectivity index (χ2v) is 4.54. The van der Waals surface area contributed by atoms with Crippen molar-refractivity contribution in [2.24, 2.45) is 0 Å². The van der Waals surface area contributed by atoms with Gasteiger partial charge < -0.3 is 5.32 Å². The van der Waals surface area contributed by atoms with Gasteiger partial charge in [0.1, 0.15) is 0 Å². The van der Waals surface area contributed by atoms with Crippen LogP contribution < -0.4 is 5.32 Å². The highest BCUT2D eigenvalue weighted by Gasteiger charge is 2.23. The average Bonchev–Trinajstić information content (AvgIpc) is 2.72. The van der Waals surface area contributed by atoms with Crippen molar-refractivity contribution in [2.75, 3.05) is 11.1 Å². The van der Waals surface area contributed by atoms with Crippen LogP contribution in [0.25, 0.3) is 0 Å². The number of carbonyl (C=O) groups excluding carboxylic acids is 1. The third-order valence-corrected chi connectivity index (χ3v) is 3.53. The maximum Gasteiger partial charge on any atom is 0.237 e. The Morgan fingerprint density at radius 3 is 3.21 bits per heavy atom. The quantitative estimate of drug-likeness (QED) is 0.807. The first-order chi connectivity index (χ1) is 6.86. The normalized spacial score (nSPS) is 20.7. The van der Waals surface area contributed by atoms with Gasteiger partial charge in [0.2, 0.25) is 5.91 Å². The molecule has 1 fully saturated rings. The zero-order chi connectivity index (χ0) is 9.80. The summed E-state index contributed by atoms with van der Waals surface area (Å²) >= 11 is 1.74. The van der Waals surface area contributed by atoms with Crippen LogP contribution in [0.15, 0.2) is 24.5 Å². The van der Waals surface area contributed by atoms with Gasteiger partial charge in [-0.3, -0.25) is 9.78 Å². The van der Waals surface area contributed by atoms with Crippen molar-refractivity contribution in [2.45, 2.75) is 18.1 Å². The van der Waals surface area contributed by atoms with Crippen LogP contribution in [0.3, 0.4) is 0 Å². The zero-order valence-corrected chi connectivity index (χ0v) is 8.59. The van der Waals surface area contributed by atoms with Gasteiger partial charge in [-0.1, -0.05) is 0 Å². The summed E-state index contributed by atoms with van der Waals surface area (Å²) in [5.74, 6) is 1.21. The topological polar surface area (TPSA) is 42.0 Å². The minimum atomic E-state index is 0.112. The molecule has 1 saturated heterocycles. The van der Waals surface area contributed by atoms with Gasteiger partial charge in [0.15, 0.2) is 0 Å². The molecule has 1 amide bonds. The maximum atomic E-state index is 11.7. The lowest BCUT2D eigenvalue weighted by Gasteiger charge is -2.08. The minimum Gasteiger partial charge on any atom is -0.324 e. The molecule has 0 aliphatic carbocycles. The van der Waals surface area contributed by atoms with Gasteiger partial charge in [0.05, 0.1) is 17.1 Å². The molecule has 0 saturated carbocycles. The molecule has 1 atom stereocenters. The predicted octanol–water partition coefficient (Wildman–Crippen LogP) is 1.92. The molecule has 1 aromatic rings. The number of aromatic nitrogens is 1. The van der Waals surface area contributed by atoms with Crippen LogP contribution in [0.1, 0.15) is 12.8 Å². The molecule has 0 aromatic carbocycles. The van der Waals surface area contributed by atoms with E-state index in [0.717, 1.165) is 24.3 Å². The molecule has 0 radical (unpaired) electrons. The van der Waals surface area contributed by atoms with Gasteiger partial charge in [-0.2, -0.15) is 0 Å². The standard InChI is InChI=1S/C10H12N2OS/c13-10(9-4-2-6-14-9)12-8-3-1-5-11-7-8/h1,3,5,7,9H,2,4,6H2,(H,12,13)/t9-/m0/s1. The molecular formula is C10H12N2OS. The summed E-state index contributed by atoms with van der Waals surface area (Å²) in [6, 6.07) is 3.67. The number of hydrogen-bond acceptors (Lipinski definition) is 3. The molecule has 0 bridgehead atoms. The predicted molar refractivity (Wildman–Crippen MR) is 58.3 cm³/mol. The van der Waals surface area contributed by atoms with Crippen molar-refractivity contribution >= 4 is 23.4 Å². The summed E-state index contributed by atoms with van der Waals surface area (Å²) in [5.41, 5.74) is 0.782. The van der Waals surface area contributed by atoms with Crippen LogP contribution in [0.5, 0.6) is 0 Å². The number of pyridine rings is 1. The summed E-state index contributed by atoms with van der Waals surface area (Å²) in [5, 5.41) is 3.00. The van der Waals surface area contributed by atoms with Crippen molar-refractivity contribution < 1.29 is 4.79 Å². The summed E-state index contributed by atoms with van der Waals surface area (Å²) in [6.45, 7) is 0. The van der Waals surface area contributed by atoms with E-state index in [2.05, 4.69) is 10.3 Å². The SMILES string of the molecule is O=C(Nc1cccnc1)[C@@H]1CCCS1. The molecule has 74 valence electrons. The van der Waals surface area contributed by atoms with Gasteiger partial charge in [-0.15, -0.1) is 11.8 Å². The number of amides is 1. The van der Waals surface area contributed by atoms with Gasteiger partial charge in [-0.25, -0.2) is 0 Å². The summed E-state index contributed by atoms with van der Waals surface area (Å²) in [6.07, 6.45) is 5.50. The smallest absolute Gasteiger partial charge is 0.237 e. The molecule has 14 heavy (non-hydrogen) atoms. The lowest BCUT2D eigenvalue weighted by atomic mass is 10.2. The number of anilines is 1. The third-order valence-electron chi connectivity index (χ3n) is 2.15. The van der Waals surface area contributed by atoms with E-state index in [9.17, 15) is 4.79 Å². The Balaban J connectivity index is 1.94. The Labute approximate surface area is 87.3 Å². The highest BCUT2D eigenvalue weighted by Crippen LogP contribution is 2.26. The number of thioether (sulfide) groups is 1. The van der Waals surface area contributed by atoms with Crippen molar-refractivity contribution in [1.29, 1.82) is 0 Å². The molecule has 1 aliphatic heterocycles. The minimum absolute atomic E-state index is 0.112. The fourth-order valence-electron chi connectivity index (χ4n) is 1.44. The number of hydrogen-bond donors (Lipinski definition) is 1. The third kappa shape index (κ3) is 2.26. The van der Waals surface area contributed by atoms with Crippen molar-refractivity contribution in [3.63, 3.8) is 0 Å². The molecule has 2 rings (SSSR count). The van der Waals surface area contributed by atoms with Crippen LogP contribution in [0.4, 0.5) is 5.69 Å². The number of carbonyl (C=O) groups is 1. The molecular weight excluding hydrogens is 196 g/mol. The highest BCUT2D eigenvalue weighted by atomic mass is 32.2. The summed E-state index contributed by atoms with van der Waals surface area (Å²) in [4.78, 5) is 15.6. The second-order valence-electron chi connectivity index (χ2n) is 3.23. The first-order valence-corrected chi connectivity index (χ1v) is 5.73. The van der Waals surface area contributed by atoms with Crippen LogP contribution in [0, 0.1) is 0 Å². The lowest BCUT2D eigenvalue weighted by molar-refractivity contribution is -0.115. The van der Waals surface area contributed by atoms with Crippen LogP contribution in [-0.4, -0.2) is 21.9 Å². The first-order valence-electron chi connectivity index (χ1n) is 4.69. The van der Waals surface area contributed by atoms with Gasteiger partial charge >= 0.3 is 0 Å². The zero-order valence-electron chi connectivity index (χ0n) is 7.77. The highest BCUT2D eigenvalue weighted by molar-refractivity contribution is 8.00. The fraction of sp³-hybridized carbons (Fsp3) is 0.400. The van der Waals surface area contributed by atoms with E-state index in [0.29, 0.717) is 0 Å². The van der Waals surface area contributed by atoms with E-state index in [1.54, 1.807) is 24.2 Å². The van der Waals surface area contributed by atoms with E-state index >= 15 is 0 Å². The first kappa shape index (κ1) is 9.52. The van der Waals surface area contributed by atoms with Crippen molar-refractivity contribution in [1.82, 2.24) is 4.98 Å². The average molecular weight is 208 g/mol. The van der Waals surface area contributed by atoms with Crippen LogP contribution >= 0.6 is 11.8 Å². The molecule has 1 N–H and O–H groups in total. The maximum absolute atomic E-state index is 11.7. The Kier molecular flexibility index (Phi) is 3.03. The van der Waals surface area contributed by atoms with E-state index in [-0.39, 0.29) is 11.2 Å². The summed E-state index contributed by atoms with van der Waals surface area (Å²) < 4.78 is 0. The fourth-order valence-corrected chi connectivity index (χ4v) is 2.61. The Morgan fingerprint density at radius 2 is 2.57 bits per heavy atom. The number of nitrogens with one attached hydrogen (secondary N) is 1. The van der Waals surface area contributed by atoms with Crippen molar-refractivity contribution in [3.05, 3.63) is 24.5 Å². The Bertz CT molecular complexity index is 309. The Morgan fingerprint density at radius 1 is 1.64 bits per heavy atom. The van der Waals surface area contributed by atoms with Crippen molar-refractivity contribution in [3.8, 4) is 0 Å². The second kappa shape index (κ2) is 4.46. The largest absolute Gasteiger partial charge is 0.324 e. The molecule has 2 heterocycles. The van der Waals surface area contributed by atoms with E-state index < -0.39 is 0 Å². The number of nitrogens with zero attached hydrogens (tertiary/aromatic N) is 1. The molecule has 3 nitrogen and oxygen atoms in total. The van der Waals surface area contributed by atoms with E-state index in [4.69, 9.17) is 0 Å². The lowest BCUT2D eigenvalue weighted by Crippen LogP contribution is -2.22. The van der Waals surface area contributed by atoms with E-state index in [1.165, 1.54) is 0 Å². The van der Waals surface area contributed by atoms with Crippen LogP contribution in [0.2, 0.25) is 0 Å². The molecule has 4 heteroatoms. The monoisotopic (exact) mass is 208 g/mol.